The summed E-state index contributed by atoms with van der Waals surface area (Å²) in [6.45, 7) is 4.02. The summed E-state index contributed by atoms with van der Waals surface area (Å²) in [5, 5.41) is 10.9. The minimum atomic E-state index is -0.850. The number of hydrogen-bond donors (Lipinski definition) is 1. The van der Waals surface area contributed by atoms with Gasteiger partial charge in [0.1, 0.15) is 0 Å². The van der Waals surface area contributed by atoms with Gasteiger partial charge in [-0.05, 0) is 41.2 Å². The van der Waals surface area contributed by atoms with E-state index >= 15 is 0 Å². The number of benzene rings is 2. The van der Waals surface area contributed by atoms with Gasteiger partial charge in [-0.1, -0.05) is 42.5 Å². The zero-order valence-corrected chi connectivity index (χ0v) is 12.8. The van der Waals surface area contributed by atoms with Gasteiger partial charge in [0.15, 0.2) is 0 Å². The van der Waals surface area contributed by atoms with Crippen LogP contribution in [0.4, 0.5) is 0 Å². The standard InChI is InChI=1S/C19H20N2O/c1-19(22,12-21-9-8-20-13-21)16-6-7-18-15(11-16)10-14-4-2-3-5-17(14)18/h2-8,11,22H,9-10,12-13H2,1H3. The third kappa shape index (κ3) is 2.27. The molecule has 0 aromatic heterocycles. The van der Waals surface area contributed by atoms with Crippen molar-refractivity contribution in [3.63, 3.8) is 0 Å². The summed E-state index contributed by atoms with van der Waals surface area (Å²) in [4.78, 5) is 6.37. The molecule has 3 nitrogen and oxygen atoms in total. The van der Waals surface area contributed by atoms with Crippen molar-refractivity contribution in [2.45, 2.75) is 18.9 Å². The van der Waals surface area contributed by atoms with E-state index in [0.29, 0.717) is 13.2 Å². The second-order valence-electron chi connectivity index (χ2n) is 6.50. The zero-order valence-electron chi connectivity index (χ0n) is 12.8. The Morgan fingerprint density at radius 1 is 1.14 bits per heavy atom. The lowest BCUT2D eigenvalue weighted by atomic mass is 9.92. The van der Waals surface area contributed by atoms with Crippen molar-refractivity contribution >= 4 is 6.21 Å². The van der Waals surface area contributed by atoms with Crippen LogP contribution in [0.3, 0.4) is 0 Å². The molecule has 112 valence electrons. The smallest absolute Gasteiger partial charge is 0.0995 e. The normalized spacial score (nSPS) is 19.0. The highest BCUT2D eigenvalue weighted by atomic mass is 16.3. The van der Waals surface area contributed by atoms with E-state index in [2.05, 4.69) is 52.4 Å². The van der Waals surface area contributed by atoms with Crippen LogP contribution in [-0.4, -0.2) is 36.0 Å². The van der Waals surface area contributed by atoms with E-state index in [1.54, 1.807) is 0 Å². The summed E-state index contributed by atoms with van der Waals surface area (Å²) in [6.07, 6.45) is 2.87. The van der Waals surface area contributed by atoms with Gasteiger partial charge in [-0.25, -0.2) is 0 Å². The van der Waals surface area contributed by atoms with Crippen LogP contribution in [0.5, 0.6) is 0 Å². The summed E-state index contributed by atoms with van der Waals surface area (Å²) in [7, 11) is 0. The Hall–Kier alpha value is -1.97. The van der Waals surface area contributed by atoms with E-state index in [1.807, 2.05) is 13.1 Å². The Morgan fingerprint density at radius 2 is 1.95 bits per heavy atom. The molecule has 1 heterocycles. The van der Waals surface area contributed by atoms with E-state index in [0.717, 1.165) is 18.5 Å². The van der Waals surface area contributed by atoms with Gasteiger partial charge in [0, 0.05) is 19.3 Å². The first-order valence-corrected chi connectivity index (χ1v) is 7.78. The Morgan fingerprint density at radius 3 is 2.77 bits per heavy atom. The molecule has 1 unspecified atom stereocenters. The quantitative estimate of drug-likeness (QED) is 0.806. The molecule has 2 aromatic carbocycles. The number of nitrogens with zero attached hydrogens (tertiary/aromatic N) is 2. The van der Waals surface area contributed by atoms with Crippen LogP contribution in [0.15, 0.2) is 47.5 Å². The first kappa shape index (κ1) is 13.7. The van der Waals surface area contributed by atoms with Crippen LogP contribution < -0.4 is 0 Å². The van der Waals surface area contributed by atoms with E-state index in [-0.39, 0.29) is 0 Å². The number of aliphatic hydroxyl groups is 1. The first-order chi connectivity index (χ1) is 10.6. The van der Waals surface area contributed by atoms with E-state index < -0.39 is 5.60 Å². The molecule has 1 atom stereocenters. The Labute approximate surface area is 130 Å². The van der Waals surface area contributed by atoms with Crippen molar-refractivity contribution in [3.8, 4) is 11.1 Å². The molecule has 0 fully saturated rings. The predicted octanol–water partition coefficient (Wildman–Crippen LogP) is 2.81. The van der Waals surface area contributed by atoms with Crippen LogP contribution in [0.1, 0.15) is 23.6 Å². The summed E-state index contributed by atoms with van der Waals surface area (Å²) >= 11 is 0. The van der Waals surface area contributed by atoms with Crippen LogP contribution in [0, 0.1) is 0 Å². The molecule has 1 N–H and O–H groups in total. The molecule has 1 aliphatic heterocycles. The summed E-state index contributed by atoms with van der Waals surface area (Å²) in [6, 6.07) is 14.9. The Balaban J connectivity index is 1.63. The Bertz CT molecular complexity index is 741. The van der Waals surface area contributed by atoms with Crippen molar-refractivity contribution in [1.82, 2.24) is 4.90 Å². The van der Waals surface area contributed by atoms with Gasteiger partial charge in [0.05, 0.1) is 12.3 Å². The lowest BCUT2D eigenvalue weighted by molar-refractivity contribution is 0.0234. The van der Waals surface area contributed by atoms with Gasteiger partial charge in [-0.2, -0.15) is 0 Å². The molecular formula is C19H20N2O. The molecule has 0 saturated heterocycles. The monoisotopic (exact) mass is 292 g/mol. The average Bonchev–Trinajstić information content (AvgIpc) is 3.13. The fourth-order valence-corrected chi connectivity index (χ4v) is 3.53. The molecule has 1 aliphatic carbocycles. The third-order valence-corrected chi connectivity index (χ3v) is 4.70. The number of hydrogen-bond acceptors (Lipinski definition) is 3. The summed E-state index contributed by atoms with van der Waals surface area (Å²) < 4.78 is 0. The predicted molar refractivity (Wildman–Crippen MR) is 89.2 cm³/mol. The minimum Gasteiger partial charge on any atom is -0.384 e. The lowest BCUT2D eigenvalue weighted by Gasteiger charge is -2.29. The van der Waals surface area contributed by atoms with Crippen LogP contribution in [0.25, 0.3) is 11.1 Å². The van der Waals surface area contributed by atoms with Gasteiger partial charge in [0.25, 0.3) is 0 Å². The maximum absolute atomic E-state index is 10.9. The Kier molecular flexibility index (Phi) is 3.13. The second kappa shape index (κ2) is 5.04. The number of rotatable bonds is 3. The van der Waals surface area contributed by atoms with Crippen molar-refractivity contribution in [2.75, 3.05) is 19.8 Å². The van der Waals surface area contributed by atoms with E-state index in [9.17, 15) is 5.11 Å². The minimum absolute atomic E-state index is 0.610. The molecule has 3 heteroatoms. The molecule has 0 radical (unpaired) electrons. The fraction of sp³-hybridized carbons (Fsp3) is 0.316. The molecular weight excluding hydrogens is 272 g/mol. The second-order valence-corrected chi connectivity index (χ2v) is 6.50. The van der Waals surface area contributed by atoms with Gasteiger partial charge in [-0.3, -0.25) is 9.89 Å². The first-order valence-electron chi connectivity index (χ1n) is 7.78. The highest BCUT2D eigenvalue weighted by Crippen LogP contribution is 2.38. The fourth-order valence-electron chi connectivity index (χ4n) is 3.53. The largest absolute Gasteiger partial charge is 0.384 e. The van der Waals surface area contributed by atoms with Crippen molar-refractivity contribution < 1.29 is 5.11 Å². The average molecular weight is 292 g/mol. The van der Waals surface area contributed by atoms with Gasteiger partial charge in [0.2, 0.25) is 0 Å². The maximum atomic E-state index is 10.9. The van der Waals surface area contributed by atoms with Crippen molar-refractivity contribution in [3.05, 3.63) is 59.2 Å². The van der Waals surface area contributed by atoms with Crippen LogP contribution in [-0.2, 0) is 12.0 Å². The molecule has 0 saturated carbocycles. The number of fused-ring (bicyclic) bond motifs is 3. The molecule has 0 bridgehead atoms. The lowest BCUT2D eigenvalue weighted by Crippen LogP contribution is -2.38. The molecule has 0 amide bonds. The maximum Gasteiger partial charge on any atom is 0.0995 e. The molecule has 22 heavy (non-hydrogen) atoms. The molecule has 2 aliphatic rings. The van der Waals surface area contributed by atoms with Crippen LogP contribution in [0.2, 0.25) is 0 Å². The SMILES string of the molecule is CC(O)(CN1CC=NC1)c1ccc2c(c1)Cc1ccccc1-2. The highest BCUT2D eigenvalue weighted by molar-refractivity contribution is 5.77. The van der Waals surface area contributed by atoms with Crippen LogP contribution >= 0.6 is 0 Å². The van der Waals surface area contributed by atoms with E-state index in [4.69, 9.17) is 0 Å². The zero-order chi connectivity index (χ0) is 15.2. The van der Waals surface area contributed by atoms with E-state index in [1.165, 1.54) is 22.3 Å². The van der Waals surface area contributed by atoms with Crippen molar-refractivity contribution in [1.29, 1.82) is 0 Å². The summed E-state index contributed by atoms with van der Waals surface area (Å²) in [5.41, 5.74) is 5.47. The molecule has 2 aromatic rings. The summed E-state index contributed by atoms with van der Waals surface area (Å²) in [5.74, 6) is 0. The number of β-amino-alcohol motifs (C(OH)–C–C–N with tert-alkyl or cyclic N) is 1. The number of aliphatic imine (C=N–C) groups is 1. The molecule has 0 spiro atoms. The van der Waals surface area contributed by atoms with Gasteiger partial charge >= 0.3 is 0 Å². The van der Waals surface area contributed by atoms with Gasteiger partial charge < -0.3 is 5.11 Å². The highest BCUT2D eigenvalue weighted by Gasteiger charge is 2.29. The van der Waals surface area contributed by atoms with Crippen molar-refractivity contribution in [2.24, 2.45) is 4.99 Å². The third-order valence-electron chi connectivity index (χ3n) is 4.70. The molecule has 4 rings (SSSR count). The topological polar surface area (TPSA) is 35.8 Å². The van der Waals surface area contributed by atoms with Gasteiger partial charge in [-0.15, -0.1) is 0 Å².